The summed E-state index contributed by atoms with van der Waals surface area (Å²) < 4.78 is 29.1. The molecule has 0 unspecified atom stereocenters. The molecule has 0 bridgehead atoms. The zero-order chi connectivity index (χ0) is 18.7. The number of nitrogens with zero attached hydrogens (tertiary/aromatic N) is 3. The summed E-state index contributed by atoms with van der Waals surface area (Å²) in [4.78, 5) is 17.2. The monoisotopic (exact) mass is 393 g/mol. The Morgan fingerprint density at radius 2 is 2.00 bits per heavy atom. The first kappa shape index (κ1) is 19.0. The van der Waals surface area contributed by atoms with Crippen LogP contribution >= 0.6 is 11.3 Å². The van der Waals surface area contributed by atoms with Gasteiger partial charge < -0.3 is 4.57 Å². The molecule has 140 valence electrons. The average Bonchev–Trinajstić information content (AvgIpc) is 3.06. The molecular weight excluding hydrogens is 370 g/mol. The minimum Gasteiger partial charge on any atom is -0.327 e. The molecule has 1 amide bonds. The highest BCUT2D eigenvalue weighted by atomic mass is 32.2. The molecule has 3 rings (SSSR count). The number of carbonyl (C=O) groups excluding carboxylic acids is 1. The quantitative estimate of drug-likeness (QED) is 0.802. The van der Waals surface area contributed by atoms with Gasteiger partial charge >= 0.3 is 0 Å². The van der Waals surface area contributed by atoms with E-state index < -0.39 is 15.9 Å². The van der Waals surface area contributed by atoms with Crippen LogP contribution in [0.15, 0.2) is 45.7 Å². The van der Waals surface area contributed by atoms with Gasteiger partial charge in [0.15, 0.2) is 4.80 Å². The van der Waals surface area contributed by atoms with E-state index >= 15 is 0 Å². The van der Waals surface area contributed by atoms with E-state index in [-0.39, 0.29) is 16.5 Å². The maximum absolute atomic E-state index is 13.0. The zero-order valence-corrected chi connectivity index (χ0v) is 16.6. The van der Waals surface area contributed by atoms with Crippen LogP contribution in [-0.4, -0.2) is 36.3 Å². The third-order valence-electron chi connectivity index (χ3n) is 4.80. The average molecular weight is 394 g/mol. The van der Waals surface area contributed by atoms with Gasteiger partial charge in [-0.2, -0.15) is 9.30 Å². The van der Waals surface area contributed by atoms with Crippen molar-refractivity contribution in [2.45, 2.75) is 43.0 Å². The highest BCUT2D eigenvalue weighted by molar-refractivity contribution is 7.89. The molecule has 0 radical (unpaired) electrons. The van der Waals surface area contributed by atoms with Crippen LogP contribution in [0.1, 0.15) is 42.5 Å². The van der Waals surface area contributed by atoms with Gasteiger partial charge in [-0.25, -0.2) is 8.42 Å². The second kappa shape index (κ2) is 7.85. The van der Waals surface area contributed by atoms with E-state index in [1.165, 1.54) is 27.8 Å². The number of aryl methyl sites for hydroxylation is 1. The summed E-state index contributed by atoms with van der Waals surface area (Å²) in [5.74, 6) is -0.444. The van der Waals surface area contributed by atoms with Crippen LogP contribution < -0.4 is 4.80 Å². The van der Waals surface area contributed by atoms with Crippen molar-refractivity contribution in [2.75, 3.05) is 7.05 Å². The van der Waals surface area contributed by atoms with Gasteiger partial charge in [0.1, 0.15) is 0 Å². The van der Waals surface area contributed by atoms with Gasteiger partial charge in [-0.05, 0) is 31.0 Å². The van der Waals surface area contributed by atoms with Crippen LogP contribution in [0, 0.1) is 0 Å². The van der Waals surface area contributed by atoms with E-state index in [4.69, 9.17) is 0 Å². The molecule has 6 nitrogen and oxygen atoms in total. The molecule has 2 aromatic rings. The molecule has 8 heteroatoms. The van der Waals surface area contributed by atoms with Crippen molar-refractivity contribution >= 4 is 27.3 Å². The zero-order valence-electron chi connectivity index (χ0n) is 15.0. The van der Waals surface area contributed by atoms with Gasteiger partial charge in [-0.1, -0.05) is 25.3 Å². The molecule has 1 saturated carbocycles. The lowest BCUT2D eigenvalue weighted by Crippen LogP contribution is -2.38. The van der Waals surface area contributed by atoms with Gasteiger partial charge in [-0.15, -0.1) is 11.3 Å². The Morgan fingerprint density at radius 3 is 2.65 bits per heavy atom. The fourth-order valence-corrected chi connectivity index (χ4v) is 5.37. The van der Waals surface area contributed by atoms with Crippen molar-refractivity contribution in [1.82, 2.24) is 8.87 Å². The molecule has 0 spiro atoms. The Labute approximate surface area is 157 Å². The third-order valence-corrected chi connectivity index (χ3v) is 7.56. The van der Waals surface area contributed by atoms with Crippen molar-refractivity contribution in [3.8, 4) is 0 Å². The number of sulfonamides is 1. The first-order chi connectivity index (χ1) is 12.4. The minimum absolute atomic E-state index is 0.0305. The molecule has 1 aliphatic rings. The Balaban J connectivity index is 1.88. The fraction of sp³-hybridized carbons (Fsp3) is 0.444. The van der Waals surface area contributed by atoms with E-state index in [1.807, 2.05) is 18.6 Å². The van der Waals surface area contributed by atoms with E-state index in [2.05, 4.69) is 4.99 Å². The molecule has 0 aliphatic heterocycles. The Morgan fingerprint density at radius 1 is 1.27 bits per heavy atom. The number of rotatable bonds is 4. The first-order valence-corrected chi connectivity index (χ1v) is 11.0. The summed E-state index contributed by atoms with van der Waals surface area (Å²) in [7, 11) is -0.185. The van der Waals surface area contributed by atoms with E-state index in [9.17, 15) is 13.2 Å². The smallest absolute Gasteiger partial charge is 0.279 e. The van der Waals surface area contributed by atoms with Crippen LogP contribution in [0.5, 0.6) is 0 Å². The molecule has 1 aliphatic carbocycles. The summed E-state index contributed by atoms with van der Waals surface area (Å²) in [6.07, 6.45) is 6.86. The van der Waals surface area contributed by atoms with Crippen LogP contribution in [0.4, 0.5) is 0 Å². The molecule has 0 atom stereocenters. The largest absolute Gasteiger partial charge is 0.327 e. The number of benzene rings is 1. The molecule has 1 aromatic carbocycles. The fourth-order valence-electron chi connectivity index (χ4n) is 3.18. The predicted molar refractivity (Wildman–Crippen MR) is 101 cm³/mol. The maximum Gasteiger partial charge on any atom is 0.279 e. The Bertz CT molecular complexity index is 954. The summed E-state index contributed by atoms with van der Waals surface area (Å²) in [5.41, 5.74) is 0.275. The molecule has 1 fully saturated rings. The predicted octanol–water partition coefficient (Wildman–Crippen LogP) is 2.78. The molecular formula is C18H23N3O3S2. The Hall–Kier alpha value is -1.77. The number of aromatic nitrogens is 1. The number of carbonyl (C=O) groups is 1. The van der Waals surface area contributed by atoms with Crippen molar-refractivity contribution in [3.63, 3.8) is 0 Å². The Kier molecular flexibility index (Phi) is 5.74. The van der Waals surface area contributed by atoms with Gasteiger partial charge in [0.05, 0.1) is 4.90 Å². The van der Waals surface area contributed by atoms with Gasteiger partial charge in [-0.3, -0.25) is 4.79 Å². The van der Waals surface area contributed by atoms with Crippen LogP contribution in [0.25, 0.3) is 0 Å². The summed E-state index contributed by atoms with van der Waals surface area (Å²) in [5, 5.41) is 1.84. The SMILES string of the molecule is CN(C1CCCCC1)S(=O)(=O)c1cccc(C(=O)N=c2sccn2C)c1. The lowest BCUT2D eigenvalue weighted by molar-refractivity contribution is 0.0997. The lowest BCUT2D eigenvalue weighted by Gasteiger charge is -2.30. The standard InChI is InChI=1S/C18H23N3O3S2/c1-20-11-12-25-18(20)19-17(22)14-7-6-10-16(13-14)26(23,24)21(2)15-8-4-3-5-9-15/h6-7,10-13,15H,3-5,8-9H2,1-2H3. The molecule has 26 heavy (non-hydrogen) atoms. The summed E-state index contributed by atoms with van der Waals surface area (Å²) in [6.45, 7) is 0. The van der Waals surface area contributed by atoms with Crippen molar-refractivity contribution < 1.29 is 13.2 Å². The molecule has 0 N–H and O–H groups in total. The number of thiazole rings is 1. The highest BCUT2D eigenvalue weighted by Gasteiger charge is 2.29. The van der Waals surface area contributed by atoms with Gasteiger partial charge in [0, 0.05) is 37.3 Å². The van der Waals surface area contributed by atoms with Crippen molar-refractivity contribution in [2.24, 2.45) is 12.0 Å². The third kappa shape index (κ3) is 3.97. The van der Waals surface area contributed by atoms with Crippen molar-refractivity contribution in [3.05, 3.63) is 46.2 Å². The second-order valence-corrected chi connectivity index (χ2v) is 9.42. The number of hydrogen-bond acceptors (Lipinski definition) is 4. The normalized spacial score (nSPS) is 17.0. The molecule has 1 heterocycles. The van der Waals surface area contributed by atoms with E-state index in [0.29, 0.717) is 4.80 Å². The van der Waals surface area contributed by atoms with E-state index in [1.54, 1.807) is 23.7 Å². The highest BCUT2D eigenvalue weighted by Crippen LogP contribution is 2.26. The number of amides is 1. The van der Waals surface area contributed by atoms with Crippen LogP contribution in [0.3, 0.4) is 0 Å². The maximum atomic E-state index is 13.0. The summed E-state index contributed by atoms with van der Waals surface area (Å²) in [6, 6.07) is 6.19. The van der Waals surface area contributed by atoms with Crippen LogP contribution in [-0.2, 0) is 17.1 Å². The van der Waals surface area contributed by atoms with Gasteiger partial charge in [0.25, 0.3) is 5.91 Å². The topological polar surface area (TPSA) is 71.7 Å². The summed E-state index contributed by atoms with van der Waals surface area (Å²) >= 11 is 1.35. The lowest BCUT2D eigenvalue weighted by atomic mass is 9.96. The molecule has 0 saturated heterocycles. The second-order valence-electron chi connectivity index (χ2n) is 6.55. The van der Waals surface area contributed by atoms with Crippen LogP contribution in [0.2, 0.25) is 0 Å². The van der Waals surface area contributed by atoms with E-state index in [0.717, 1.165) is 32.1 Å². The first-order valence-electron chi connectivity index (χ1n) is 8.67. The van der Waals surface area contributed by atoms with Gasteiger partial charge in [0.2, 0.25) is 10.0 Å². The molecule has 1 aromatic heterocycles. The number of hydrogen-bond donors (Lipinski definition) is 0. The van der Waals surface area contributed by atoms with Crippen molar-refractivity contribution in [1.29, 1.82) is 0 Å². The minimum atomic E-state index is -3.63.